The summed E-state index contributed by atoms with van der Waals surface area (Å²) in [5.74, 6) is 0.0591. The van der Waals surface area contributed by atoms with Gasteiger partial charge in [-0.05, 0) is 19.8 Å². The molecule has 1 aliphatic carbocycles. The SMILES string of the molecule is CC(O)C1CN(C2CCCCC2)C1=O. The highest BCUT2D eigenvalue weighted by Gasteiger charge is 2.42. The number of carbonyl (C=O) groups excluding carboxylic acids is 1. The number of nitrogens with zero attached hydrogens (tertiary/aromatic N) is 1. The Balaban J connectivity index is 1.87. The summed E-state index contributed by atoms with van der Waals surface area (Å²) in [6.07, 6.45) is 5.69. The highest BCUT2D eigenvalue weighted by molar-refractivity contribution is 5.85. The minimum atomic E-state index is -0.470. The Bertz CT molecular complexity index is 221. The third kappa shape index (κ3) is 1.65. The number of hydrogen-bond acceptors (Lipinski definition) is 2. The number of rotatable bonds is 2. The zero-order valence-electron chi connectivity index (χ0n) is 8.78. The lowest BCUT2D eigenvalue weighted by molar-refractivity contribution is -0.158. The maximum atomic E-state index is 11.7. The van der Waals surface area contributed by atoms with Gasteiger partial charge in [0, 0.05) is 12.6 Å². The normalized spacial score (nSPS) is 31.4. The summed E-state index contributed by atoms with van der Waals surface area (Å²) in [7, 11) is 0. The quantitative estimate of drug-likeness (QED) is 0.675. The Morgan fingerprint density at radius 1 is 1.36 bits per heavy atom. The molecular formula is C11H19NO2. The van der Waals surface area contributed by atoms with Gasteiger partial charge in [-0.3, -0.25) is 4.79 Å². The van der Waals surface area contributed by atoms with Gasteiger partial charge in [-0.2, -0.15) is 0 Å². The molecular weight excluding hydrogens is 178 g/mol. The van der Waals surface area contributed by atoms with Crippen LogP contribution in [-0.4, -0.2) is 34.6 Å². The average molecular weight is 197 g/mol. The van der Waals surface area contributed by atoms with E-state index >= 15 is 0 Å². The molecule has 80 valence electrons. The van der Waals surface area contributed by atoms with E-state index in [0.717, 1.165) is 19.4 Å². The monoisotopic (exact) mass is 197 g/mol. The summed E-state index contributed by atoms with van der Waals surface area (Å²) >= 11 is 0. The van der Waals surface area contributed by atoms with Crippen LogP contribution < -0.4 is 0 Å². The van der Waals surface area contributed by atoms with Gasteiger partial charge < -0.3 is 10.0 Å². The molecule has 2 fully saturated rings. The maximum Gasteiger partial charge on any atom is 0.230 e. The fraction of sp³-hybridized carbons (Fsp3) is 0.909. The number of likely N-dealkylation sites (tertiary alicyclic amines) is 1. The molecule has 1 aliphatic heterocycles. The molecule has 0 bridgehead atoms. The van der Waals surface area contributed by atoms with Crippen LogP contribution in [0.3, 0.4) is 0 Å². The van der Waals surface area contributed by atoms with E-state index in [9.17, 15) is 9.90 Å². The van der Waals surface area contributed by atoms with E-state index in [2.05, 4.69) is 0 Å². The zero-order chi connectivity index (χ0) is 10.1. The minimum absolute atomic E-state index is 0.114. The summed E-state index contributed by atoms with van der Waals surface area (Å²) < 4.78 is 0. The van der Waals surface area contributed by atoms with Gasteiger partial charge in [0.1, 0.15) is 0 Å². The molecule has 1 saturated carbocycles. The van der Waals surface area contributed by atoms with Crippen LogP contribution in [0.2, 0.25) is 0 Å². The van der Waals surface area contributed by atoms with Crippen LogP contribution in [-0.2, 0) is 4.79 Å². The third-order valence-electron chi connectivity index (χ3n) is 3.59. The Morgan fingerprint density at radius 3 is 2.50 bits per heavy atom. The molecule has 1 amide bonds. The topological polar surface area (TPSA) is 40.5 Å². The minimum Gasteiger partial charge on any atom is -0.393 e. The molecule has 0 aromatic rings. The van der Waals surface area contributed by atoms with Crippen LogP contribution in [0.5, 0.6) is 0 Å². The molecule has 0 radical (unpaired) electrons. The fourth-order valence-corrected chi connectivity index (χ4v) is 2.56. The molecule has 0 aromatic carbocycles. The van der Waals surface area contributed by atoms with E-state index in [4.69, 9.17) is 0 Å². The lowest BCUT2D eigenvalue weighted by Crippen LogP contribution is -2.60. The van der Waals surface area contributed by atoms with Gasteiger partial charge >= 0.3 is 0 Å². The smallest absolute Gasteiger partial charge is 0.230 e. The average Bonchev–Trinajstić information content (AvgIpc) is 2.17. The molecule has 0 aromatic heterocycles. The van der Waals surface area contributed by atoms with Crippen molar-refractivity contribution in [1.82, 2.24) is 4.90 Å². The van der Waals surface area contributed by atoms with Gasteiger partial charge in [-0.25, -0.2) is 0 Å². The zero-order valence-corrected chi connectivity index (χ0v) is 8.78. The van der Waals surface area contributed by atoms with Crippen LogP contribution in [0.1, 0.15) is 39.0 Å². The van der Waals surface area contributed by atoms with Crippen molar-refractivity contribution in [2.45, 2.75) is 51.2 Å². The Labute approximate surface area is 85.1 Å². The molecule has 2 atom stereocenters. The summed E-state index contributed by atoms with van der Waals surface area (Å²) in [5, 5.41) is 9.31. The summed E-state index contributed by atoms with van der Waals surface area (Å²) in [6, 6.07) is 0.478. The number of amides is 1. The van der Waals surface area contributed by atoms with Crippen molar-refractivity contribution in [2.75, 3.05) is 6.54 Å². The number of carbonyl (C=O) groups is 1. The number of β-lactam (4-membered cyclic amide) rings is 1. The van der Waals surface area contributed by atoms with Crippen LogP contribution in [0.25, 0.3) is 0 Å². The molecule has 1 heterocycles. The van der Waals surface area contributed by atoms with Gasteiger partial charge in [0.2, 0.25) is 5.91 Å². The predicted molar refractivity (Wildman–Crippen MR) is 53.8 cm³/mol. The van der Waals surface area contributed by atoms with Crippen molar-refractivity contribution in [3.05, 3.63) is 0 Å². The van der Waals surface area contributed by atoms with Gasteiger partial charge in [-0.15, -0.1) is 0 Å². The second kappa shape index (κ2) is 3.89. The molecule has 3 nitrogen and oxygen atoms in total. The molecule has 1 N–H and O–H groups in total. The first-order chi connectivity index (χ1) is 6.70. The lowest BCUT2D eigenvalue weighted by atomic mass is 9.86. The first kappa shape index (κ1) is 9.97. The first-order valence-corrected chi connectivity index (χ1v) is 5.68. The van der Waals surface area contributed by atoms with Gasteiger partial charge in [0.15, 0.2) is 0 Å². The summed E-state index contributed by atoms with van der Waals surface area (Å²) in [4.78, 5) is 13.6. The van der Waals surface area contributed by atoms with Crippen molar-refractivity contribution >= 4 is 5.91 Å². The summed E-state index contributed by atoms with van der Waals surface area (Å²) in [6.45, 7) is 2.49. The van der Waals surface area contributed by atoms with Crippen molar-refractivity contribution in [1.29, 1.82) is 0 Å². The van der Waals surface area contributed by atoms with E-state index in [1.54, 1.807) is 6.92 Å². The standard InChI is InChI=1S/C11H19NO2/c1-8(13)10-7-12(11(10)14)9-5-3-2-4-6-9/h8-10,13H,2-7H2,1H3. The van der Waals surface area contributed by atoms with Gasteiger partial charge in [-0.1, -0.05) is 19.3 Å². The van der Waals surface area contributed by atoms with E-state index in [1.165, 1.54) is 19.3 Å². The predicted octanol–water partition coefficient (Wildman–Crippen LogP) is 1.16. The maximum absolute atomic E-state index is 11.7. The van der Waals surface area contributed by atoms with Crippen molar-refractivity contribution < 1.29 is 9.90 Å². The number of aliphatic hydroxyl groups excluding tert-OH is 1. The lowest BCUT2D eigenvalue weighted by Gasteiger charge is -2.46. The van der Waals surface area contributed by atoms with Crippen LogP contribution >= 0.6 is 0 Å². The third-order valence-corrected chi connectivity index (χ3v) is 3.59. The largest absolute Gasteiger partial charge is 0.393 e. The van der Waals surface area contributed by atoms with Crippen LogP contribution in [0.15, 0.2) is 0 Å². The highest BCUT2D eigenvalue weighted by Crippen LogP contribution is 2.30. The number of hydrogen-bond donors (Lipinski definition) is 1. The van der Waals surface area contributed by atoms with Crippen LogP contribution in [0.4, 0.5) is 0 Å². The highest BCUT2D eigenvalue weighted by atomic mass is 16.3. The fourth-order valence-electron chi connectivity index (χ4n) is 2.56. The first-order valence-electron chi connectivity index (χ1n) is 5.68. The number of aliphatic hydroxyl groups is 1. The molecule has 2 aliphatic rings. The van der Waals surface area contributed by atoms with Crippen LogP contribution in [0, 0.1) is 5.92 Å². The Morgan fingerprint density at radius 2 is 2.00 bits per heavy atom. The molecule has 2 unspecified atom stereocenters. The molecule has 3 heteroatoms. The second-order valence-corrected chi connectivity index (χ2v) is 4.63. The van der Waals surface area contributed by atoms with Crippen molar-refractivity contribution in [2.24, 2.45) is 5.92 Å². The van der Waals surface area contributed by atoms with E-state index in [0.29, 0.717) is 6.04 Å². The van der Waals surface area contributed by atoms with Gasteiger partial charge in [0.05, 0.1) is 12.0 Å². The van der Waals surface area contributed by atoms with E-state index < -0.39 is 6.10 Å². The molecule has 2 rings (SSSR count). The molecule has 0 spiro atoms. The Kier molecular flexibility index (Phi) is 2.77. The molecule has 14 heavy (non-hydrogen) atoms. The van der Waals surface area contributed by atoms with Crippen molar-refractivity contribution in [3.63, 3.8) is 0 Å². The second-order valence-electron chi connectivity index (χ2n) is 4.63. The Hall–Kier alpha value is -0.570. The molecule has 1 saturated heterocycles. The van der Waals surface area contributed by atoms with Crippen molar-refractivity contribution in [3.8, 4) is 0 Å². The van der Waals surface area contributed by atoms with Gasteiger partial charge in [0.25, 0.3) is 0 Å². The summed E-state index contributed by atoms with van der Waals surface area (Å²) in [5.41, 5.74) is 0. The van der Waals surface area contributed by atoms with E-state index in [-0.39, 0.29) is 11.8 Å². The van der Waals surface area contributed by atoms with E-state index in [1.807, 2.05) is 4.90 Å².